The standard InChI is InChI=1S/C26H34FN6O7P/c1-16(23(34)38-17-9-7-8-10-17)32-41(35,40-18-11-5-4-6-12-18)37-14-19-13-26(2,27)24(39-19)33-15-29-20-21(33)30-25(28)31-22(20)36-3/h4-6,11-12,15-17,19,24H,7-10,13-14H2,1-3H3,(H,32,35)(H2,28,30,31)/t16-,19?,24?,26?,41-/m0/s1. The van der Waals surface area contributed by atoms with Crippen LogP contribution in [0.1, 0.15) is 52.2 Å². The van der Waals surface area contributed by atoms with Gasteiger partial charge in [-0.05, 0) is 51.7 Å². The van der Waals surface area contributed by atoms with Crippen LogP contribution >= 0.6 is 7.75 Å². The number of imidazole rings is 1. The second-order valence-electron chi connectivity index (χ2n) is 10.4. The van der Waals surface area contributed by atoms with Crippen molar-refractivity contribution >= 4 is 30.8 Å². The van der Waals surface area contributed by atoms with Gasteiger partial charge in [0, 0.05) is 6.42 Å². The number of methoxy groups -OCH3 is 1. The number of nitrogen functional groups attached to an aromatic ring is 1. The maximum absolute atomic E-state index is 15.9. The molecule has 0 amide bonds. The van der Waals surface area contributed by atoms with Gasteiger partial charge < -0.3 is 24.5 Å². The minimum absolute atomic E-state index is 0.0693. The highest BCUT2D eigenvalue weighted by Gasteiger charge is 2.48. The highest BCUT2D eigenvalue weighted by Crippen LogP contribution is 2.48. The third-order valence-electron chi connectivity index (χ3n) is 7.01. The normalized spacial score (nSPS) is 25.2. The first-order valence-electron chi connectivity index (χ1n) is 13.4. The number of aromatic nitrogens is 4. The molecular formula is C26H34FN6O7P. The molecule has 0 bridgehead atoms. The van der Waals surface area contributed by atoms with Gasteiger partial charge >= 0.3 is 13.7 Å². The van der Waals surface area contributed by atoms with E-state index in [0.29, 0.717) is 5.52 Å². The second kappa shape index (κ2) is 11.9. The minimum Gasteiger partial charge on any atom is -0.479 e. The lowest BCUT2D eigenvalue weighted by Crippen LogP contribution is -2.37. The first-order valence-corrected chi connectivity index (χ1v) is 15.0. The van der Waals surface area contributed by atoms with E-state index >= 15 is 4.39 Å². The molecule has 13 nitrogen and oxygen atoms in total. The predicted octanol–water partition coefficient (Wildman–Crippen LogP) is 4.10. The zero-order chi connectivity index (χ0) is 29.2. The Balaban J connectivity index is 1.30. The molecule has 1 aliphatic heterocycles. The van der Waals surface area contributed by atoms with Gasteiger partial charge in [0.1, 0.15) is 17.9 Å². The highest BCUT2D eigenvalue weighted by molar-refractivity contribution is 7.52. The van der Waals surface area contributed by atoms with Crippen LogP contribution in [0.25, 0.3) is 11.2 Å². The number of halogens is 1. The molecule has 3 unspecified atom stereocenters. The topological polar surface area (TPSA) is 162 Å². The zero-order valence-electron chi connectivity index (χ0n) is 23.1. The molecule has 1 aliphatic carbocycles. The summed E-state index contributed by atoms with van der Waals surface area (Å²) in [7, 11) is -2.74. The third-order valence-corrected chi connectivity index (χ3v) is 8.65. The number of para-hydroxylation sites is 1. The molecule has 2 aromatic heterocycles. The van der Waals surface area contributed by atoms with Crippen LogP contribution in [0.3, 0.4) is 0 Å². The maximum Gasteiger partial charge on any atom is 0.459 e. The number of anilines is 1. The number of alkyl halides is 1. The third kappa shape index (κ3) is 6.61. The van der Waals surface area contributed by atoms with Gasteiger partial charge in [-0.3, -0.25) is 13.9 Å². The number of ether oxygens (including phenoxy) is 3. The van der Waals surface area contributed by atoms with Crippen LogP contribution in [0, 0.1) is 0 Å². The molecule has 3 heterocycles. The Hall–Kier alpha value is -3.32. The van der Waals surface area contributed by atoms with E-state index in [-0.39, 0.29) is 42.4 Å². The minimum atomic E-state index is -4.15. The van der Waals surface area contributed by atoms with Crippen LogP contribution in [-0.4, -0.2) is 63.1 Å². The number of rotatable bonds is 11. The number of hydrogen-bond acceptors (Lipinski definition) is 11. The summed E-state index contributed by atoms with van der Waals surface area (Å²) in [5, 5.41) is 2.67. The Bertz CT molecular complexity index is 1420. The Morgan fingerprint density at radius 1 is 1.29 bits per heavy atom. The number of carbonyl (C=O) groups excluding carboxylic acids is 1. The van der Waals surface area contributed by atoms with Crippen molar-refractivity contribution in [2.24, 2.45) is 0 Å². The summed E-state index contributed by atoms with van der Waals surface area (Å²) in [4.78, 5) is 25.1. The number of nitrogens with zero attached hydrogens (tertiary/aromatic N) is 4. The largest absolute Gasteiger partial charge is 0.479 e. The molecule has 1 saturated heterocycles. The fourth-order valence-electron chi connectivity index (χ4n) is 5.05. The van der Waals surface area contributed by atoms with Crippen molar-refractivity contribution in [1.82, 2.24) is 24.6 Å². The summed E-state index contributed by atoms with van der Waals surface area (Å²) < 4.78 is 59.4. The van der Waals surface area contributed by atoms with Crippen LogP contribution in [-0.2, 0) is 23.4 Å². The van der Waals surface area contributed by atoms with E-state index in [1.54, 1.807) is 30.3 Å². The maximum atomic E-state index is 15.9. The number of carbonyl (C=O) groups is 1. The second-order valence-corrected chi connectivity index (χ2v) is 12.1. The van der Waals surface area contributed by atoms with E-state index < -0.39 is 37.8 Å². The molecule has 1 aromatic carbocycles. The van der Waals surface area contributed by atoms with Crippen LogP contribution in [0.15, 0.2) is 36.7 Å². The van der Waals surface area contributed by atoms with Gasteiger partial charge in [0.25, 0.3) is 0 Å². The molecule has 0 radical (unpaired) electrons. The number of benzene rings is 1. The summed E-state index contributed by atoms with van der Waals surface area (Å²) in [6, 6.07) is 7.40. The van der Waals surface area contributed by atoms with Gasteiger partial charge in [-0.1, -0.05) is 18.2 Å². The summed E-state index contributed by atoms with van der Waals surface area (Å²) >= 11 is 0. The first-order chi connectivity index (χ1) is 19.6. The van der Waals surface area contributed by atoms with E-state index in [9.17, 15) is 9.36 Å². The van der Waals surface area contributed by atoms with Crippen molar-refractivity contribution in [2.75, 3.05) is 19.5 Å². The van der Waals surface area contributed by atoms with Crippen LogP contribution < -0.4 is 20.1 Å². The number of hydrogen-bond donors (Lipinski definition) is 2. The Kier molecular flexibility index (Phi) is 8.46. The van der Waals surface area contributed by atoms with E-state index in [0.717, 1.165) is 25.7 Å². The lowest BCUT2D eigenvalue weighted by atomic mass is 10.0. The lowest BCUT2D eigenvalue weighted by molar-refractivity contribution is -0.150. The molecule has 0 spiro atoms. The average Bonchev–Trinajstić information content (AvgIpc) is 3.66. The van der Waals surface area contributed by atoms with Crippen LogP contribution in [0.2, 0.25) is 0 Å². The van der Waals surface area contributed by atoms with Gasteiger partial charge in [-0.25, -0.2) is 13.9 Å². The van der Waals surface area contributed by atoms with Crippen molar-refractivity contribution in [2.45, 2.75) is 76.1 Å². The first kappa shape index (κ1) is 29.2. The van der Waals surface area contributed by atoms with Crippen LogP contribution in [0.4, 0.5) is 10.3 Å². The van der Waals surface area contributed by atoms with Crippen molar-refractivity contribution in [3.63, 3.8) is 0 Å². The monoisotopic (exact) mass is 592 g/mol. The molecule has 222 valence electrons. The lowest BCUT2D eigenvalue weighted by Gasteiger charge is -2.24. The molecule has 2 aliphatic rings. The number of fused-ring (bicyclic) bond motifs is 1. The zero-order valence-corrected chi connectivity index (χ0v) is 24.0. The summed E-state index contributed by atoms with van der Waals surface area (Å²) in [5.41, 5.74) is 4.45. The fraction of sp³-hybridized carbons (Fsp3) is 0.538. The Morgan fingerprint density at radius 3 is 2.73 bits per heavy atom. The van der Waals surface area contributed by atoms with Gasteiger partial charge in [0.2, 0.25) is 11.8 Å². The predicted molar refractivity (Wildman–Crippen MR) is 146 cm³/mol. The average molecular weight is 593 g/mol. The molecule has 3 N–H and O–H groups in total. The molecule has 1 saturated carbocycles. The molecule has 5 rings (SSSR count). The quantitative estimate of drug-likeness (QED) is 0.243. The highest BCUT2D eigenvalue weighted by atomic mass is 31.2. The van der Waals surface area contributed by atoms with Gasteiger partial charge in [0.15, 0.2) is 23.1 Å². The van der Waals surface area contributed by atoms with E-state index in [1.807, 2.05) is 0 Å². The van der Waals surface area contributed by atoms with Gasteiger partial charge in [-0.15, -0.1) is 0 Å². The Morgan fingerprint density at radius 2 is 2.02 bits per heavy atom. The molecular weight excluding hydrogens is 558 g/mol. The van der Waals surface area contributed by atoms with Crippen molar-refractivity contribution in [3.05, 3.63) is 36.7 Å². The summed E-state index contributed by atoms with van der Waals surface area (Å²) in [6.45, 7) is 2.60. The van der Waals surface area contributed by atoms with Gasteiger partial charge in [0.05, 0.1) is 26.1 Å². The number of esters is 1. The summed E-state index contributed by atoms with van der Waals surface area (Å²) in [5.74, 6) is -0.221. The Labute approximate surface area is 236 Å². The van der Waals surface area contributed by atoms with Crippen molar-refractivity contribution in [1.29, 1.82) is 0 Å². The molecule has 2 fully saturated rings. The molecule has 3 aromatic rings. The number of nitrogens with two attached hydrogens (primary N) is 1. The SMILES string of the molecule is COc1nc(N)nc2c1ncn2C1OC(CO[P@@](=O)(N[C@@H](C)C(=O)OC2CCCC2)Oc2ccccc2)CC1(C)F. The van der Waals surface area contributed by atoms with Gasteiger partial charge in [-0.2, -0.15) is 15.1 Å². The van der Waals surface area contributed by atoms with Crippen LogP contribution in [0.5, 0.6) is 11.6 Å². The van der Waals surface area contributed by atoms with Crippen molar-refractivity contribution < 1.29 is 37.0 Å². The van der Waals surface area contributed by atoms with E-state index in [1.165, 1.54) is 31.9 Å². The van der Waals surface area contributed by atoms with E-state index in [4.69, 9.17) is 29.0 Å². The molecule has 41 heavy (non-hydrogen) atoms. The number of nitrogens with one attached hydrogen (secondary N) is 1. The molecule has 15 heteroatoms. The smallest absolute Gasteiger partial charge is 0.459 e. The van der Waals surface area contributed by atoms with E-state index in [2.05, 4.69) is 20.0 Å². The van der Waals surface area contributed by atoms with Crippen molar-refractivity contribution in [3.8, 4) is 11.6 Å². The summed E-state index contributed by atoms with van der Waals surface area (Å²) in [6.07, 6.45) is 2.73. The molecule has 5 atom stereocenters. The fourth-order valence-corrected chi connectivity index (χ4v) is 6.57.